The Morgan fingerprint density at radius 1 is 1.33 bits per heavy atom. The predicted octanol–water partition coefficient (Wildman–Crippen LogP) is 2.22. The molecule has 0 spiro atoms. The Morgan fingerprint density at radius 3 is 2.47 bits per heavy atom. The monoisotopic (exact) mass is 222 g/mol. The molecule has 0 aliphatic rings. The van der Waals surface area contributed by atoms with E-state index in [1.807, 2.05) is 31.2 Å². The maximum absolute atomic E-state index is 11.0. The summed E-state index contributed by atoms with van der Waals surface area (Å²) in [4.78, 5) is 11.0. The standard InChI is InChI=1S/C11H14N2OS/c1-3-10(14)13-11(15)12-9-6-4-8(2)5-7-9/h4-7H,3H2,1-2H3,(H2,12,13,14,15). The highest BCUT2D eigenvalue weighted by atomic mass is 32.1. The van der Waals surface area contributed by atoms with Crippen molar-refractivity contribution in [2.24, 2.45) is 0 Å². The van der Waals surface area contributed by atoms with Gasteiger partial charge in [-0.1, -0.05) is 24.6 Å². The molecule has 0 aliphatic carbocycles. The third-order valence-electron chi connectivity index (χ3n) is 1.88. The van der Waals surface area contributed by atoms with Gasteiger partial charge in [0.1, 0.15) is 0 Å². The fourth-order valence-electron chi connectivity index (χ4n) is 1.01. The van der Waals surface area contributed by atoms with Crippen LogP contribution in [-0.2, 0) is 4.79 Å². The number of amides is 1. The topological polar surface area (TPSA) is 41.1 Å². The summed E-state index contributed by atoms with van der Waals surface area (Å²) in [7, 11) is 0. The van der Waals surface area contributed by atoms with Crippen molar-refractivity contribution >= 4 is 28.9 Å². The van der Waals surface area contributed by atoms with Gasteiger partial charge in [0.05, 0.1) is 0 Å². The van der Waals surface area contributed by atoms with Crippen molar-refractivity contribution in [2.75, 3.05) is 5.32 Å². The molecule has 1 rings (SSSR count). The number of hydrogen-bond acceptors (Lipinski definition) is 2. The third kappa shape index (κ3) is 4.08. The number of rotatable bonds is 2. The summed E-state index contributed by atoms with van der Waals surface area (Å²) >= 11 is 4.97. The number of carbonyl (C=O) groups is 1. The van der Waals surface area contributed by atoms with Crippen LogP contribution in [0.25, 0.3) is 0 Å². The number of hydrogen-bond donors (Lipinski definition) is 2. The van der Waals surface area contributed by atoms with Crippen molar-refractivity contribution in [1.82, 2.24) is 5.32 Å². The Bertz CT molecular complexity index is 359. The fourth-order valence-corrected chi connectivity index (χ4v) is 1.25. The molecule has 0 saturated carbocycles. The summed E-state index contributed by atoms with van der Waals surface area (Å²) in [5.74, 6) is -0.0837. The van der Waals surface area contributed by atoms with Crippen molar-refractivity contribution in [3.63, 3.8) is 0 Å². The van der Waals surface area contributed by atoms with Crippen LogP contribution >= 0.6 is 12.2 Å². The minimum atomic E-state index is -0.0837. The molecule has 0 saturated heterocycles. The molecule has 0 heterocycles. The van der Waals surface area contributed by atoms with Crippen LogP contribution in [0.3, 0.4) is 0 Å². The quantitative estimate of drug-likeness (QED) is 0.754. The summed E-state index contributed by atoms with van der Waals surface area (Å²) in [5, 5.41) is 5.85. The zero-order valence-electron chi connectivity index (χ0n) is 8.83. The van der Waals surface area contributed by atoms with Crippen LogP contribution in [0.4, 0.5) is 5.69 Å². The van der Waals surface area contributed by atoms with Gasteiger partial charge in [0, 0.05) is 12.1 Å². The SMILES string of the molecule is CCC(=O)NC(=S)Nc1ccc(C)cc1. The first-order valence-corrected chi connectivity index (χ1v) is 5.20. The Labute approximate surface area is 94.9 Å². The lowest BCUT2D eigenvalue weighted by atomic mass is 10.2. The molecule has 4 heteroatoms. The molecule has 0 bridgehead atoms. The molecule has 2 N–H and O–H groups in total. The van der Waals surface area contributed by atoms with E-state index in [9.17, 15) is 4.79 Å². The largest absolute Gasteiger partial charge is 0.332 e. The Morgan fingerprint density at radius 2 is 1.93 bits per heavy atom. The van der Waals surface area contributed by atoms with Crippen LogP contribution in [0, 0.1) is 6.92 Å². The van der Waals surface area contributed by atoms with E-state index in [4.69, 9.17) is 12.2 Å². The molecule has 0 atom stereocenters. The van der Waals surface area contributed by atoms with E-state index in [0.29, 0.717) is 11.5 Å². The van der Waals surface area contributed by atoms with Gasteiger partial charge >= 0.3 is 0 Å². The minimum Gasteiger partial charge on any atom is -0.332 e. The van der Waals surface area contributed by atoms with Crippen LogP contribution in [0.1, 0.15) is 18.9 Å². The molecule has 1 amide bonds. The second-order valence-corrected chi connectivity index (χ2v) is 3.63. The molecule has 0 aromatic heterocycles. The molecule has 0 unspecified atom stereocenters. The lowest BCUT2D eigenvalue weighted by molar-refractivity contribution is -0.119. The highest BCUT2D eigenvalue weighted by Gasteiger charge is 2.01. The van der Waals surface area contributed by atoms with Crippen LogP contribution in [0.2, 0.25) is 0 Å². The second kappa shape index (κ2) is 5.46. The summed E-state index contributed by atoms with van der Waals surface area (Å²) in [5.41, 5.74) is 2.06. The molecule has 0 aliphatic heterocycles. The van der Waals surface area contributed by atoms with E-state index in [1.165, 1.54) is 5.56 Å². The maximum atomic E-state index is 11.0. The molecule has 1 aromatic rings. The molecule has 0 fully saturated rings. The van der Waals surface area contributed by atoms with Crippen molar-refractivity contribution in [2.45, 2.75) is 20.3 Å². The van der Waals surface area contributed by atoms with E-state index in [-0.39, 0.29) is 5.91 Å². The van der Waals surface area contributed by atoms with E-state index < -0.39 is 0 Å². The molecular weight excluding hydrogens is 208 g/mol. The van der Waals surface area contributed by atoms with Crippen LogP contribution in [0.15, 0.2) is 24.3 Å². The van der Waals surface area contributed by atoms with Gasteiger partial charge in [-0.3, -0.25) is 4.79 Å². The minimum absolute atomic E-state index is 0.0837. The van der Waals surface area contributed by atoms with Gasteiger partial charge in [-0.25, -0.2) is 0 Å². The van der Waals surface area contributed by atoms with E-state index in [1.54, 1.807) is 6.92 Å². The van der Waals surface area contributed by atoms with Gasteiger partial charge in [0.25, 0.3) is 0 Å². The van der Waals surface area contributed by atoms with Gasteiger partial charge in [-0.05, 0) is 31.3 Å². The van der Waals surface area contributed by atoms with E-state index in [0.717, 1.165) is 5.69 Å². The molecule has 0 radical (unpaired) electrons. The Kier molecular flexibility index (Phi) is 4.24. The number of nitrogens with one attached hydrogen (secondary N) is 2. The first-order valence-electron chi connectivity index (χ1n) is 4.79. The first-order chi connectivity index (χ1) is 7.11. The van der Waals surface area contributed by atoms with Gasteiger partial charge in [-0.15, -0.1) is 0 Å². The fraction of sp³-hybridized carbons (Fsp3) is 0.273. The highest BCUT2D eigenvalue weighted by Crippen LogP contribution is 2.07. The Balaban J connectivity index is 2.51. The summed E-state index contributed by atoms with van der Waals surface area (Å²) in [6, 6.07) is 7.79. The van der Waals surface area contributed by atoms with Gasteiger partial charge in [0.2, 0.25) is 5.91 Å². The Hall–Kier alpha value is -1.42. The van der Waals surface area contributed by atoms with Crippen molar-refractivity contribution in [3.8, 4) is 0 Å². The predicted molar refractivity (Wildman–Crippen MR) is 65.8 cm³/mol. The number of aryl methyl sites for hydroxylation is 1. The van der Waals surface area contributed by atoms with Crippen LogP contribution in [0.5, 0.6) is 0 Å². The zero-order valence-corrected chi connectivity index (χ0v) is 9.65. The molecule has 3 nitrogen and oxygen atoms in total. The number of carbonyl (C=O) groups excluding carboxylic acids is 1. The summed E-state index contributed by atoms with van der Waals surface area (Å²) < 4.78 is 0. The third-order valence-corrected chi connectivity index (χ3v) is 2.09. The van der Waals surface area contributed by atoms with Gasteiger partial charge in [-0.2, -0.15) is 0 Å². The number of anilines is 1. The highest BCUT2D eigenvalue weighted by molar-refractivity contribution is 7.80. The maximum Gasteiger partial charge on any atom is 0.225 e. The number of benzene rings is 1. The van der Waals surface area contributed by atoms with Crippen LogP contribution in [-0.4, -0.2) is 11.0 Å². The average molecular weight is 222 g/mol. The van der Waals surface area contributed by atoms with Crippen molar-refractivity contribution in [3.05, 3.63) is 29.8 Å². The lowest BCUT2D eigenvalue weighted by Crippen LogP contribution is -2.33. The number of thiocarbonyl (C=S) groups is 1. The lowest BCUT2D eigenvalue weighted by Gasteiger charge is -2.08. The average Bonchev–Trinajstić information content (AvgIpc) is 2.21. The van der Waals surface area contributed by atoms with Gasteiger partial charge in [0.15, 0.2) is 5.11 Å². The van der Waals surface area contributed by atoms with Crippen LogP contribution < -0.4 is 10.6 Å². The molecule has 1 aromatic carbocycles. The summed E-state index contributed by atoms with van der Waals surface area (Å²) in [6.07, 6.45) is 0.426. The smallest absolute Gasteiger partial charge is 0.225 e. The summed E-state index contributed by atoms with van der Waals surface area (Å²) in [6.45, 7) is 3.80. The van der Waals surface area contributed by atoms with Gasteiger partial charge < -0.3 is 10.6 Å². The first kappa shape index (κ1) is 11.7. The van der Waals surface area contributed by atoms with E-state index >= 15 is 0 Å². The van der Waals surface area contributed by atoms with Crippen molar-refractivity contribution in [1.29, 1.82) is 0 Å². The van der Waals surface area contributed by atoms with E-state index in [2.05, 4.69) is 10.6 Å². The van der Waals surface area contributed by atoms with Crippen molar-refractivity contribution < 1.29 is 4.79 Å². The zero-order chi connectivity index (χ0) is 11.3. The second-order valence-electron chi connectivity index (χ2n) is 3.22. The molecule has 15 heavy (non-hydrogen) atoms. The molecule has 80 valence electrons. The normalized spacial score (nSPS) is 9.47. The molecular formula is C11H14N2OS.